The Labute approximate surface area is 341 Å². The third-order valence-electron chi connectivity index (χ3n) is 11.4. The molecule has 2 aromatic carbocycles. The number of unbranched alkanes of at least 4 members (excludes halogenated alkanes) is 3. The van der Waals surface area contributed by atoms with Crippen molar-refractivity contribution in [3.8, 4) is 0 Å². The first-order valence-electron chi connectivity index (χ1n) is 18.0. The number of carbonyl (C=O) groups is 1. The van der Waals surface area contributed by atoms with Gasteiger partial charge >= 0.3 is 35.5 Å². The fourth-order valence-corrected chi connectivity index (χ4v) is 11.3. The summed E-state index contributed by atoms with van der Waals surface area (Å²) in [6.07, 6.45) is 11.8. The van der Waals surface area contributed by atoms with Crippen LogP contribution in [-0.4, -0.2) is 79.1 Å². The van der Waals surface area contributed by atoms with Gasteiger partial charge in [-0.3, -0.25) is 18.5 Å². The smallest absolute Gasteiger partial charge is 1.00 e. The molecule has 54 heavy (non-hydrogen) atoms. The van der Waals surface area contributed by atoms with Crippen LogP contribution >= 0.6 is 0 Å². The van der Waals surface area contributed by atoms with E-state index in [0.717, 1.165) is 47.5 Å². The summed E-state index contributed by atoms with van der Waals surface area (Å²) < 4.78 is 107. The minimum Gasteiger partial charge on any atom is -1.00 e. The Morgan fingerprint density at radius 3 is 2.09 bits per heavy atom. The summed E-state index contributed by atoms with van der Waals surface area (Å²) in [6.45, 7) is 5.04. The Morgan fingerprint density at radius 1 is 0.833 bits per heavy atom. The molecule has 290 valence electrons. The van der Waals surface area contributed by atoms with E-state index in [1.807, 2.05) is 32.1 Å². The van der Waals surface area contributed by atoms with Gasteiger partial charge in [0.15, 0.2) is 5.71 Å². The molecule has 4 heterocycles. The van der Waals surface area contributed by atoms with Crippen molar-refractivity contribution in [3.05, 3.63) is 70.4 Å². The second kappa shape index (κ2) is 15.9. The number of carboxylic acid groups (broad SMARTS) is 1. The number of anilines is 1. The van der Waals surface area contributed by atoms with Gasteiger partial charge in [-0.1, -0.05) is 37.5 Å². The van der Waals surface area contributed by atoms with Gasteiger partial charge in [-0.2, -0.15) is 29.8 Å². The summed E-state index contributed by atoms with van der Waals surface area (Å²) >= 11 is 0. The van der Waals surface area contributed by atoms with E-state index in [1.165, 1.54) is 12.1 Å². The average molecular weight is 816 g/mol. The van der Waals surface area contributed by atoms with Gasteiger partial charge in [0, 0.05) is 53.4 Å². The molecule has 4 aliphatic heterocycles. The van der Waals surface area contributed by atoms with Crippen LogP contribution in [0.4, 0.5) is 11.4 Å². The number of aryl methyl sites for hydroxylation is 2. The van der Waals surface area contributed by atoms with E-state index in [0.29, 0.717) is 74.8 Å². The normalized spacial score (nSPS) is 22.8. The third kappa shape index (κ3) is 8.19. The Hall–Kier alpha value is -2.41. The van der Waals surface area contributed by atoms with E-state index in [9.17, 15) is 43.7 Å². The molecule has 0 radical (unpaired) electrons. The van der Waals surface area contributed by atoms with Crippen LogP contribution in [0, 0.1) is 0 Å². The fraction of sp³-hybridized carbons (Fsp3) is 0.514. The summed E-state index contributed by atoms with van der Waals surface area (Å²) in [5.74, 6) is -1.33. The van der Waals surface area contributed by atoms with Gasteiger partial charge < -0.3 is 11.4 Å². The van der Waals surface area contributed by atoms with Gasteiger partial charge in [0.05, 0.1) is 16.7 Å². The zero-order valence-corrected chi connectivity index (χ0v) is 35.4. The van der Waals surface area contributed by atoms with E-state index >= 15 is 0 Å². The predicted octanol–water partition coefficient (Wildman–Crippen LogP) is 2.86. The van der Waals surface area contributed by atoms with Gasteiger partial charge in [-0.15, -0.1) is 0 Å². The molecule has 13 nitrogen and oxygen atoms in total. The number of carboxylic acids is 1. The Balaban J connectivity index is 0.00000336. The molecular weight excluding hydrogens is 768 g/mol. The van der Waals surface area contributed by atoms with E-state index < -0.39 is 52.9 Å². The summed E-state index contributed by atoms with van der Waals surface area (Å²) in [5.41, 5.74) is 4.11. The molecule has 17 heteroatoms. The second-order valence-electron chi connectivity index (χ2n) is 15.0. The second-order valence-corrected chi connectivity index (χ2v) is 19.4. The Bertz CT molecular complexity index is 2290. The summed E-state index contributed by atoms with van der Waals surface area (Å²) in [4.78, 5) is 12.9. The van der Waals surface area contributed by atoms with Crippen molar-refractivity contribution in [1.82, 2.24) is 0 Å². The summed E-state index contributed by atoms with van der Waals surface area (Å²) in [6, 6.07) is 6.37. The van der Waals surface area contributed by atoms with Crippen molar-refractivity contribution in [3.63, 3.8) is 0 Å². The quantitative estimate of drug-likeness (QED) is 0.0887. The number of nitrogens with zero attached hydrogens (tertiary/aromatic N) is 2. The van der Waals surface area contributed by atoms with Crippen LogP contribution in [-0.2, 0) is 58.8 Å². The monoisotopic (exact) mass is 815 g/mol. The van der Waals surface area contributed by atoms with Gasteiger partial charge in [0.1, 0.15) is 16.3 Å². The van der Waals surface area contributed by atoms with Crippen LogP contribution in [0.5, 0.6) is 0 Å². The van der Waals surface area contributed by atoms with Crippen LogP contribution < -0.4 is 34.5 Å². The van der Waals surface area contributed by atoms with Crippen molar-refractivity contribution in [2.75, 3.05) is 23.7 Å². The minimum absolute atomic E-state index is 0. The average Bonchev–Trinajstić information content (AvgIpc) is 3.45. The Morgan fingerprint density at radius 2 is 1.44 bits per heavy atom. The van der Waals surface area contributed by atoms with Crippen molar-refractivity contribution in [2.45, 2.75) is 112 Å². The first kappa shape index (κ1) is 42.7. The number of aliphatic carboxylic acids is 1. The molecular formula is C37H48N2NaO11S3+. The van der Waals surface area contributed by atoms with Crippen LogP contribution in [0.3, 0.4) is 0 Å². The molecule has 2 atom stereocenters. The molecule has 2 aromatic rings. The van der Waals surface area contributed by atoms with Crippen molar-refractivity contribution in [1.29, 1.82) is 0 Å². The molecule has 4 aliphatic rings. The maximum Gasteiger partial charge on any atom is 1.00 e. The Kier molecular flexibility index (Phi) is 12.5. The maximum atomic E-state index is 12.8. The number of hydrogen-bond donors (Lipinski definition) is 4. The molecule has 0 spiro atoms. The standard InChI is InChI=1S/C37H46N2O11S3.Na.H/c1-36(20-5-3-4-15-31(40)41)29(38-22-9-11-25-16-18-27(52(45,46)47)32(36)34(25)38)13-8-14-30-37(2,21-6-7-24-51(42,43)44)33-28(53(48,49)50)19-17-26-12-10-23-39(30)35(26)33;;/h8,13-14,16-19H,3-7,9-12,15,20-24H2,1-2H3,(H3-,40,41,42,43,44,45,46,47,48,49,50);;/q;+1;-1/p+1. The first-order chi connectivity index (χ1) is 24.8. The third-order valence-corrected chi connectivity index (χ3v) is 14.0. The molecule has 0 aromatic heterocycles. The molecule has 0 aliphatic carbocycles. The van der Waals surface area contributed by atoms with Crippen LogP contribution in [0.1, 0.15) is 102 Å². The molecule has 0 bridgehead atoms. The molecule has 4 N–H and O–H groups in total. The van der Waals surface area contributed by atoms with E-state index in [4.69, 9.17) is 5.11 Å². The maximum absolute atomic E-state index is 12.8. The zero-order valence-electron chi connectivity index (χ0n) is 31.9. The van der Waals surface area contributed by atoms with Gasteiger partial charge in [-0.25, -0.2) is 0 Å². The largest absolute Gasteiger partial charge is 1.00 e. The SMILES string of the molecule is CC1(CCCCS(=O)(=O)O)C(=CC=CC2=[N+]3CCCc4ccc(S(=O)(=O)O)c(c43)C2(C)CCCCCC(=O)O)N2CCCc3ccc(S(=O)(=O)O)c1c32.[H-].[Na+]. The minimum atomic E-state index is -4.64. The van der Waals surface area contributed by atoms with Gasteiger partial charge in [0.25, 0.3) is 30.4 Å². The molecule has 2 unspecified atom stereocenters. The fourth-order valence-electron chi connectivity index (χ4n) is 9.14. The summed E-state index contributed by atoms with van der Waals surface area (Å²) in [5, 5.41) is 9.16. The number of benzene rings is 2. The van der Waals surface area contributed by atoms with Gasteiger partial charge in [-0.05, 0) is 82.6 Å². The number of allylic oxidation sites excluding steroid dienone is 4. The summed E-state index contributed by atoms with van der Waals surface area (Å²) in [7, 11) is -13.5. The van der Waals surface area contributed by atoms with Crippen molar-refractivity contribution >= 4 is 53.4 Å². The van der Waals surface area contributed by atoms with E-state index in [1.54, 1.807) is 12.1 Å². The van der Waals surface area contributed by atoms with Gasteiger partial charge in [0.2, 0.25) is 5.69 Å². The van der Waals surface area contributed by atoms with Crippen molar-refractivity contribution < 1.29 is 84.4 Å². The van der Waals surface area contributed by atoms with E-state index in [-0.39, 0.29) is 53.6 Å². The van der Waals surface area contributed by atoms with Crippen LogP contribution in [0.15, 0.2) is 58.0 Å². The number of hydrogen-bond acceptors (Lipinski definition) is 8. The predicted molar refractivity (Wildman–Crippen MR) is 200 cm³/mol. The van der Waals surface area contributed by atoms with Crippen molar-refractivity contribution in [2.24, 2.45) is 0 Å². The molecule has 6 rings (SSSR count). The zero-order chi connectivity index (χ0) is 38.6. The van der Waals surface area contributed by atoms with Crippen LogP contribution in [0.25, 0.3) is 0 Å². The van der Waals surface area contributed by atoms with E-state index in [2.05, 4.69) is 9.48 Å². The number of rotatable bonds is 15. The topological polar surface area (TPSA) is 207 Å². The first-order valence-corrected chi connectivity index (χ1v) is 22.5. The molecule has 0 saturated carbocycles. The van der Waals surface area contributed by atoms with Crippen LogP contribution in [0.2, 0.25) is 0 Å². The molecule has 0 saturated heterocycles. The molecule has 0 fully saturated rings. The molecule has 0 amide bonds.